The Morgan fingerprint density at radius 2 is 1.86 bits per heavy atom. The van der Waals surface area contributed by atoms with E-state index in [-0.39, 0.29) is 23.8 Å². The number of carbonyl (C=O) groups is 3. The number of fused-ring (bicyclic) bond motifs is 1. The van der Waals surface area contributed by atoms with E-state index in [1.165, 1.54) is 0 Å². The van der Waals surface area contributed by atoms with E-state index < -0.39 is 29.6 Å². The third-order valence-electron chi connectivity index (χ3n) is 8.84. The van der Waals surface area contributed by atoms with Gasteiger partial charge in [-0.15, -0.1) is 0 Å². The van der Waals surface area contributed by atoms with Crippen molar-refractivity contribution in [1.29, 1.82) is 0 Å². The summed E-state index contributed by atoms with van der Waals surface area (Å²) in [5.74, 6) is -1.39. The van der Waals surface area contributed by atoms with Crippen LogP contribution in [0.2, 0.25) is 10.0 Å². The Kier molecular flexibility index (Phi) is 7.33. The summed E-state index contributed by atoms with van der Waals surface area (Å²) in [6.45, 7) is 6.91. The molecule has 5 rings (SSSR count). The second-order valence-corrected chi connectivity index (χ2v) is 12.0. The van der Waals surface area contributed by atoms with Crippen molar-refractivity contribution in [2.45, 2.75) is 76.7 Å². The van der Waals surface area contributed by atoms with E-state index in [1.807, 2.05) is 19.1 Å². The molecule has 200 valence electrons. The third kappa shape index (κ3) is 4.57. The van der Waals surface area contributed by atoms with Crippen LogP contribution in [0.15, 0.2) is 30.4 Å². The number of ether oxygens (including phenoxy) is 1. The van der Waals surface area contributed by atoms with Gasteiger partial charge in [-0.3, -0.25) is 14.4 Å². The third-order valence-corrected chi connectivity index (χ3v) is 9.28. The fraction of sp³-hybridized carbons (Fsp3) is 0.607. The number of carbonyl (C=O) groups excluding carboxylic acids is 3. The molecule has 9 heteroatoms. The first kappa shape index (κ1) is 26.5. The van der Waals surface area contributed by atoms with Crippen LogP contribution in [0, 0.1) is 23.7 Å². The Morgan fingerprint density at radius 3 is 2.57 bits per heavy atom. The molecule has 2 N–H and O–H groups in total. The zero-order chi connectivity index (χ0) is 26.5. The highest BCUT2D eigenvalue weighted by molar-refractivity contribution is 6.35. The van der Waals surface area contributed by atoms with Crippen LogP contribution in [0.1, 0.15) is 52.9 Å². The molecule has 1 saturated carbocycles. The maximum absolute atomic E-state index is 13.9. The fourth-order valence-electron chi connectivity index (χ4n) is 6.74. The maximum Gasteiger partial charge on any atom is 0.246 e. The summed E-state index contributed by atoms with van der Waals surface area (Å²) in [5, 5.41) is 6.94. The van der Waals surface area contributed by atoms with Gasteiger partial charge in [0.15, 0.2) is 0 Å². The first-order valence-electron chi connectivity index (χ1n) is 13.4. The zero-order valence-corrected chi connectivity index (χ0v) is 23.0. The Bertz CT molecular complexity index is 1110. The minimum atomic E-state index is -1.16. The quantitative estimate of drug-likeness (QED) is 0.479. The van der Waals surface area contributed by atoms with Crippen molar-refractivity contribution in [3.63, 3.8) is 0 Å². The first-order valence-corrected chi connectivity index (χ1v) is 14.2. The van der Waals surface area contributed by atoms with E-state index in [1.54, 1.807) is 23.1 Å². The van der Waals surface area contributed by atoms with Gasteiger partial charge >= 0.3 is 0 Å². The highest BCUT2D eigenvalue weighted by Gasteiger charge is 2.72. The van der Waals surface area contributed by atoms with Gasteiger partial charge in [0, 0.05) is 28.3 Å². The number of unbranched alkanes of at least 4 members (excludes halogenated alkanes) is 1. The molecule has 4 aliphatic rings. The molecular formula is C28H35Cl2N3O4. The van der Waals surface area contributed by atoms with Crippen LogP contribution in [0.3, 0.4) is 0 Å². The second-order valence-electron chi connectivity index (χ2n) is 11.1. The van der Waals surface area contributed by atoms with Crippen molar-refractivity contribution >= 4 is 46.6 Å². The van der Waals surface area contributed by atoms with Gasteiger partial charge in [0.2, 0.25) is 17.7 Å². The van der Waals surface area contributed by atoms with Gasteiger partial charge in [0.05, 0.1) is 17.9 Å². The summed E-state index contributed by atoms with van der Waals surface area (Å²) < 4.78 is 6.41. The first-order chi connectivity index (χ1) is 17.7. The Balaban J connectivity index is 1.43. The van der Waals surface area contributed by atoms with Crippen LogP contribution in [0.4, 0.5) is 5.69 Å². The van der Waals surface area contributed by atoms with Gasteiger partial charge in [-0.05, 0) is 42.9 Å². The van der Waals surface area contributed by atoms with Gasteiger partial charge in [-0.25, -0.2) is 0 Å². The van der Waals surface area contributed by atoms with E-state index in [2.05, 4.69) is 24.5 Å². The number of hydrogen-bond donors (Lipinski definition) is 2. The molecule has 0 aromatic heterocycles. The number of rotatable bonds is 7. The molecule has 2 saturated heterocycles. The molecule has 3 amide bonds. The lowest BCUT2D eigenvalue weighted by Crippen LogP contribution is -2.58. The SMILES string of the molecule is CCCCN1C(=O)C2C(C(=O)Nc3cc(Cl)cc(Cl)c3)C3C=CC2(O3)C1C(=O)NC1CCCC(C)C1C. The van der Waals surface area contributed by atoms with E-state index in [9.17, 15) is 14.4 Å². The molecule has 1 aromatic carbocycles. The number of amides is 3. The van der Waals surface area contributed by atoms with Crippen LogP contribution < -0.4 is 10.6 Å². The lowest BCUT2D eigenvalue weighted by molar-refractivity contribution is -0.141. The monoisotopic (exact) mass is 547 g/mol. The molecule has 3 fully saturated rings. The Hall–Kier alpha value is -2.09. The maximum atomic E-state index is 13.9. The lowest BCUT2D eigenvalue weighted by Gasteiger charge is -2.38. The zero-order valence-electron chi connectivity index (χ0n) is 21.5. The van der Waals surface area contributed by atoms with Crippen LogP contribution in [-0.2, 0) is 19.1 Å². The van der Waals surface area contributed by atoms with E-state index in [0.29, 0.717) is 34.1 Å². The number of hydrogen-bond acceptors (Lipinski definition) is 4. The standard InChI is InChI=1S/C28H35Cl2N3O4/c1-4-5-11-33-24(26(35)32-20-8-6-7-15(2)16(20)3)28-10-9-21(37-28)22(23(28)27(33)36)25(34)31-19-13-17(29)12-18(30)14-19/h9-10,12-16,20-24H,4-8,11H2,1-3H3,(H,31,34)(H,32,35). The number of nitrogens with zero attached hydrogens (tertiary/aromatic N) is 1. The summed E-state index contributed by atoms with van der Waals surface area (Å²) in [6, 6.07) is 4.06. The average molecular weight is 549 g/mol. The molecular weight excluding hydrogens is 513 g/mol. The predicted molar refractivity (Wildman–Crippen MR) is 143 cm³/mol. The molecule has 1 spiro atoms. The minimum Gasteiger partial charge on any atom is -0.359 e. The summed E-state index contributed by atoms with van der Waals surface area (Å²) in [5.41, 5.74) is -0.705. The van der Waals surface area contributed by atoms with Crippen molar-refractivity contribution in [2.75, 3.05) is 11.9 Å². The van der Waals surface area contributed by atoms with Gasteiger partial charge in [-0.1, -0.05) is 75.4 Å². The summed E-state index contributed by atoms with van der Waals surface area (Å²) in [6.07, 6.45) is 7.90. The average Bonchev–Trinajstić information content (AvgIpc) is 3.47. The van der Waals surface area contributed by atoms with Crippen LogP contribution >= 0.6 is 23.2 Å². The van der Waals surface area contributed by atoms with Crippen molar-refractivity contribution in [2.24, 2.45) is 23.7 Å². The molecule has 3 heterocycles. The topological polar surface area (TPSA) is 87.7 Å². The number of benzene rings is 1. The van der Waals surface area contributed by atoms with Gasteiger partial charge in [0.25, 0.3) is 0 Å². The predicted octanol–water partition coefficient (Wildman–Crippen LogP) is 4.82. The highest BCUT2D eigenvalue weighted by Crippen LogP contribution is 2.55. The summed E-state index contributed by atoms with van der Waals surface area (Å²) in [7, 11) is 0. The van der Waals surface area contributed by atoms with Crippen molar-refractivity contribution in [3.05, 3.63) is 40.4 Å². The van der Waals surface area contributed by atoms with Crippen LogP contribution in [-0.4, -0.2) is 53.0 Å². The normalized spacial score (nSPS) is 36.1. The summed E-state index contributed by atoms with van der Waals surface area (Å²) >= 11 is 12.2. The summed E-state index contributed by atoms with van der Waals surface area (Å²) in [4.78, 5) is 43.0. The Morgan fingerprint density at radius 1 is 1.14 bits per heavy atom. The number of nitrogens with one attached hydrogen (secondary N) is 2. The lowest BCUT2D eigenvalue weighted by atomic mass is 9.73. The number of anilines is 1. The fourth-order valence-corrected chi connectivity index (χ4v) is 7.26. The van der Waals surface area contributed by atoms with E-state index in [0.717, 1.165) is 32.1 Å². The van der Waals surface area contributed by atoms with E-state index >= 15 is 0 Å². The van der Waals surface area contributed by atoms with Crippen LogP contribution in [0.5, 0.6) is 0 Å². The molecule has 7 nitrogen and oxygen atoms in total. The number of halogens is 2. The smallest absolute Gasteiger partial charge is 0.246 e. The van der Waals surface area contributed by atoms with Crippen molar-refractivity contribution < 1.29 is 19.1 Å². The van der Waals surface area contributed by atoms with Gasteiger partial charge < -0.3 is 20.3 Å². The van der Waals surface area contributed by atoms with Crippen molar-refractivity contribution in [3.8, 4) is 0 Å². The minimum absolute atomic E-state index is 0.0593. The number of likely N-dealkylation sites (tertiary alicyclic amines) is 1. The molecule has 2 bridgehead atoms. The largest absolute Gasteiger partial charge is 0.359 e. The molecule has 1 aromatic rings. The van der Waals surface area contributed by atoms with E-state index in [4.69, 9.17) is 27.9 Å². The molecule has 37 heavy (non-hydrogen) atoms. The Labute approximate surface area is 228 Å². The van der Waals surface area contributed by atoms with Gasteiger partial charge in [0.1, 0.15) is 11.6 Å². The van der Waals surface area contributed by atoms with Gasteiger partial charge in [-0.2, -0.15) is 0 Å². The molecule has 1 aliphatic carbocycles. The molecule has 0 radical (unpaired) electrons. The highest BCUT2D eigenvalue weighted by atomic mass is 35.5. The molecule has 8 atom stereocenters. The molecule has 8 unspecified atom stereocenters. The second kappa shape index (κ2) is 10.2. The molecule has 3 aliphatic heterocycles. The van der Waals surface area contributed by atoms with Crippen LogP contribution in [0.25, 0.3) is 0 Å². The van der Waals surface area contributed by atoms with Crippen molar-refractivity contribution in [1.82, 2.24) is 10.2 Å².